The summed E-state index contributed by atoms with van der Waals surface area (Å²) < 4.78 is 0. The van der Waals surface area contributed by atoms with Crippen LogP contribution in [0.25, 0.3) is 0 Å². The lowest BCUT2D eigenvalue weighted by Gasteiger charge is -2.19. The molecule has 0 aliphatic rings. The number of rotatable bonds is 5. The van der Waals surface area contributed by atoms with Crippen LogP contribution >= 0.6 is 0 Å². The number of aliphatic hydroxyl groups excluding tert-OH is 2. The molecule has 0 saturated heterocycles. The highest BCUT2D eigenvalue weighted by Gasteiger charge is 2.27. The summed E-state index contributed by atoms with van der Waals surface area (Å²) >= 11 is 0. The Hall–Kier alpha value is -2.70. The Morgan fingerprint density at radius 2 is 2.14 bits per heavy atom. The molecule has 0 radical (unpaired) electrons. The molecule has 2 atom stereocenters. The van der Waals surface area contributed by atoms with Crippen molar-refractivity contribution in [2.24, 2.45) is 0 Å². The second-order valence-corrected chi connectivity index (χ2v) is 4.25. The van der Waals surface area contributed by atoms with Gasteiger partial charge in [0.2, 0.25) is 5.91 Å². The SMILES string of the molecule is CC(=O)NCC(O)C(O)c1cc(C#N)cc([N+](=O)[O-])c1O. The third kappa shape index (κ3) is 3.88. The van der Waals surface area contributed by atoms with Gasteiger partial charge in [-0.2, -0.15) is 5.26 Å². The Balaban J connectivity index is 3.16. The first-order valence-corrected chi connectivity index (χ1v) is 5.80. The van der Waals surface area contributed by atoms with Gasteiger partial charge in [-0.15, -0.1) is 0 Å². The summed E-state index contributed by atoms with van der Waals surface area (Å²) in [7, 11) is 0. The average molecular weight is 295 g/mol. The Morgan fingerprint density at radius 1 is 1.52 bits per heavy atom. The van der Waals surface area contributed by atoms with E-state index in [1.807, 2.05) is 0 Å². The summed E-state index contributed by atoms with van der Waals surface area (Å²) in [5, 5.41) is 51.2. The van der Waals surface area contributed by atoms with Gasteiger partial charge in [0.05, 0.1) is 16.6 Å². The van der Waals surface area contributed by atoms with Gasteiger partial charge in [-0.3, -0.25) is 14.9 Å². The largest absolute Gasteiger partial charge is 0.502 e. The normalized spacial score (nSPS) is 13.0. The predicted molar refractivity (Wildman–Crippen MR) is 69.1 cm³/mol. The van der Waals surface area contributed by atoms with E-state index in [1.54, 1.807) is 6.07 Å². The zero-order valence-corrected chi connectivity index (χ0v) is 11.0. The van der Waals surface area contributed by atoms with Crippen LogP contribution in [0.1, 0.15) is 24.2 Å². The lowest BCUT2D eigenvalue weighted by Crippen LogP contribution is -2.34. The van der Waals surface area contributed by atoms with E-state index in [1.165, 1.54) is 6.92 Å². The molecule has 1 rings (SSSR count). The standard InChI is InChI=1S/C12H13N3O6/c1-6(16)14-5-10(17)12(19)8-2-7(4-13)3-9(11(8)18)15(20)21/h2-3,10,12,17-19H,5H2,1H3,(H,14,16). The lowest BCUT2D eigenvalue weighted by molar-refractivity contribution is -0.386. The summed E-state index contributed by atoms with van der Waals surface area (Å²) in [6.07, 6.45) is -3.21. The van der Waals surface area contributed by atoms with Gasteiger partial charge in [-0.1, -0.05) is 0 Å². The van der Waals surface area contributed by atoms with Crippen LogP contribution < -0.4 is 5.32 Å². The fraction of sp³-hybridized carbons (Fsp3) is 0.333. The molecule has 21 heavy (non-hydrogen) atoms. The number of phenolic OH excluding ortho intramolecular Hbond substituents is 1. The molecule has 0 aliphatic carbocycles. The van der Waals surface area contributed by atoms with Crippen LogP contribution in [0, 0.1) is 21.4 Å². The minimum atomic E-state index is -1.70. The fourth-order valence-corrected chi connectivity index (χ4v) is 1.64. The van der Waals surface area contributed by atoms with Gasteiger partial charge in [0.15, 0.2) is 5.75 Å². The zero-order chi connectivity index (χ0) is 16.2. The van der Waals surface area contributed by atoms with Crippen molar-refractivity contribution in [1.82, 2.24) is 5.32 Å². The van der Waals surface area contributed by atoms with Crippen LogP contribution in [-0.4, -0.2) is 38.8 Å². The summed E-state index contributed by atoms with van der Waals surface area (Å²) in [6, 6.07) is 3.54. The summed E-state index contributed by atoms with van der Waals surface area (Å²) in [4.78, 5) is 20.6. The molecule has 1 amide bonds. The number of hydrogen-bond donors (Lipinski definition) is 4. The first-order valence-electron chi connectivity index (χ1n) is 5.80. The highest BCUT2D eigenvalue weighted by atomic mass is 16.6. The maximum Gasteiger partial charge on any atom is 0.312 e. The molecule has 1 aromatic rings. The van der Waals surface area contributed by atoms with E-state index >= 15 is 0 Å². The second kappa shape index (κ2) is 6.65. The molecule has 4 N–H and O–H groups in total. The highest BCUT2D eigenvalue weighted by molar-refractivity contribution is 5.72. The van der Waals surface area contributed by atoms with Gasteiger partial charge < -0.3 is 20.6 Å². The molecule has 9 nitrogen and oxygen atoms in total. The minimum absolute atomic E-state index is 0.153. The van der Waals surface area contributed by atoms with Crippen LogP contribution in [0.5, 0.6) is 5.75 Å². The number of nitriles is 1. The van der Waals surface area contributed by atoms with E-state index in [2.05, 4.69) is 5.32 Å². The third-order valence-electron chi connectivity index (χ3n) is 2.69. The maximum absolute atomic E-state index is 10.8. The van der Waals surface area contributed by atoms with E-state index in [4.69, 9.17) is 5.26 Å². The summed E-state index contributed by atoms with van der Waals surface area (Å²) in [5.74, 6) is -1.28. The van der Waals surface area contributed by atoms with Gasteiger partial charge in [0.25, 0.3) is 0 Å². The van der Waals surface area contributed by atoms with Gasteiger partial charge in [0, 0.05) is 25.1 Å². The molecule has 2 unspecified atom stereocenters. The first-order chi connectivity index (χ1) is 9.77. The number of nitrogens with zero attached hydrogens (tertiary/aromatic N) is 2. The van der Waals surface area contributed by atoms with Crippen LogP contribution in [0.3, 0.4) is 0 Å². The Labute approximate surface area is 119 Å². The van der Waals surface area contributed by atoms with Crippen molar-refractivity contribution >= 4 is 11.6 Å². The molecule has 0 bridgehead atoms. The van der Waals surface area contributed by atoms with Gasteiger partial charge in [-0.05, 0) is 6.07 Å². The third-order valence-corrected chi connectivity index (χ3v) is 2.69. The number of phenols is 1. The summed E-state index contributed by atoms with van der Waals surface area (Å²) in [6.45, 7) is 0.887. The van der Waals surface area contributed by atoms with E-state index in [0.29, 0.717) is 0 Å². The number of hydrogen-bond acceptors (Lipinski definition) is 7. The molecule has 0 aromatic heterocycles. The predicted octanol–water partition coefficient (Wildman–Crippen LogP) is -0.298. The van der Waals surface area contributed by atoms with Crippen LogP contribution in [0.4, 0.5) is 5.69 Å². The molecule has 0 spiro atoms. The first kappa shape index (κ1) is 16.4. The lowest BCUT2D eigenvalue weighted by atomic mass is 9.99. The van der Waals surface area contributed by atoms with Crippen molar-refractivity contribution in [1.29, 1.82) is 5.26 Å². The molecular weight excluding hydrogens is 282 g/mol. The van der Waals surface area contributed by atoms with Crippen LogP contribution in [-0.2, 0) is 4.79 Å². The number of nitro benzene ring substituents is 1. The number of nitrogens with one attached hydrogen (secondary N) is 1. The number of aliphatic hydroxyl groups is 2. The molecule has 0 aliphatic heterocycles. The molecule has 0 saturated carbocycles. The smallest absolute Gasteiger partial charge is 0.312 e. The van der Waals surface area contributed by atoms with E-state index in [-0.39, 0.29) is 17.7 Å². The number of aromatic hydroxyl groups is 1. The fourth-order valence-electron chi connectivity index (χ4n) is 1.64. The van der Waals surface area contributed by atoms with Crippen LogP contribution in [0.2, 0.25) is 0 Å². The van der Waals surface area contributed by atoms with Crippen molar-refractivity contribution in [2.75, 3.05) is 6.54 Å². The number of carbonyl (C=O) groups is 1. The van der Waals surface area contributed by atoms with Crippen molar-refractivity contribution < 1.29 is 25.0 Å². The van der Waals surface area contributed by atoms with E-state index < -0.39 is 34.5 Å². The number of carbonyl (C=O) groups excluding carboxylic acids is 1. The molecule has 1 aromatic carbocycles. The van der Waals surface area contributed by atoms with E-state index in [9.17, 15) is 30.2 Å². The topological polar surface area (TPSA) is 157 Å². The molecule has 9 heteroatoms. The molecular formula is C12H13N3O6. The average Bonchev–Trinajstić information content (AvgIpc) is 2.43. The molecule has 0 fully saturated rings. The Kier molecular flexibility index (Phi) is 5.18. The van der Waals surface area contributed by atoms with Crippen molar-refractivity contribution in [2.45, 2.75) is 19.1 Å². The number of nitro groups is 1. The summed E-state index contributed by atoms with van der Waals surface area (Å²) in [5.41, 5.74) is -1.27. The van der Waals surface area contributed by atoms with Crippen molar-refractivity contribution in [3.8, 4) is 11.8 Å². The van der Waals surface area contributed by atoms with Crippen molar-refractivity contribution in [3.05, 3.63) is 33.4 Å². The second-order valence-electron chi connectivity index (χ2n) is 4.25. The van der Waals surface area contributed by atoms with Crippen LogP contribution in [0.15, 0.2) is 12.1 Å². The van der Waals surface area contributed by atoms with E-state index in [0.717, 1.165) is 12.1 Å². The Bertz CT molecular complexity index is 610. The number of amides is 1. The quantitative estimate of drug-likeness (QED) is 0.429. The zero-order valence-electron chi connectivity index (χ0n) is 11.0. The molecule has 0 heterocycles. The maximum atomic E-state index is 10.8. The monoisotopic (exact) mass is 295 g/mol. The van der Waals surface area contributed by atoms with Crippen molar-refractivity contribution in [3.63, 3.8) is 0 Å². The molecule has 112 valence electrons. The van der Waals surface area contributed by atoms with Gasteiger partial charge in [0.1, 0.15) is 12.2 Å². The highest BCUT2D eigenvalue weighted by Crippen LogP contribution is 2.35. The van der Waals surface area contributed by atoms with Gasteiger partial charge in [-0.25, -0.2) is 0 Å². The Morgan fingerprint density at radius 3 is 2.62 bits per heavy atom. The number of benzene rings is 1. The van der Waals surface area contributed by atoms with Gasteiger partial charge >= 0.3 is 5.69 Å². The minimum Gasteiger partial charge on any atom is -0.502 e.